The van der Waals surface area contributed by atoms with Gasteiger partial charge < -0.3 is 10.1 Å². The van der Waals surface area contributed by atoms with Crippen molar-refractivity contribution in [3.8, 4) is 5.75 Å². The molecule has 1 aliphatic carbocycles. The van der Waals surface area contributed by atoms with Crippen molar-refractivity contribution < 1.29 is 9.53 Å². The quantitative estimate of drug-likeness (QED) is 0.828. The van der Waals surface area contributed by atoms with Crippen LogP contribution in [0.4, 0.5) is 0 Å². The molecule has 0 aromatic heterocycles. The fraction of sp³-hybridized carbons (Fsp3) is 0.409. The first kappa shape index (κ1) is 17.4. The maximum Gasteiger partial charge on any atom is 0.251 e. The van der Waals surface area contributed by atoms with E-state index in [1.807, 2.05) is 6.07 Å². The number of rotatable bonds is 3. The van der Waals surface area contributed by atoms with E-state index < -0.39 is 0 Å². The summed E-state index contributed by atoms with van der Waals surface area (Å²) in [6.45, 7) is 2.92. The number of ether oxygens (including phenoxy) is 1. The van der Waals surface area contributed by atoms with Crippen LogP contribution in [0.2, 0.25) is 5.02 Å². The number of amides is 1. The normalized spacial score (nSPS) is 25.4. The van der Waals surface area contributed by atoms with Crippen molar-refractivity contribution >= 4 is 17.5 Å². The molecule has 1 atom stereocenters. The van der Waals surface area contributed by atoms with Gasteiger partial charge in [0, 0.05) is 27.6 Å². The van der Waals surface area contributed by atoms with Crippen molar-refractivity contribution in [1.82, 2.24) is 5.32 Å². The highest BCUT2D eigenvalue weighted by Gasteiger charge is 2.44. The van der Waals surface area contributed by atoms with Crippen LogP contribution in [-0.2, 0) is 5.41 Å². The van der Waals surface area contributed by atoms with E-state index in [4.69, 9.17) is 16.3 Å². The van der Waals surface area contributed by atoms with E-state index in [-0.39, 0.29) is 17.4 Å². The van der Waals surface area contributed by atoms with Crippen LogP contribution in [0.25, 0.3) is 0 Å². The molecule has 0 radical (unpaired) electrons. The molecular weight excluding hydrogens is 346 g/mol. The third-order valence-electron chi connectivity index (χ3n) is 6.12. The minimum atomic E-state index is -0.0241. The molecule has 2 aliphatic rings. The molecule has 1 saturated carbocycles. The van der Waals surface area contributed by atoms with Gasteiger partial charge in [-0.2, -0.15) is 0 Å². The molecule has 2 aromatic carbocycles. The number of carbonyl (C=O) groups excluding carboxylic acids is 1. The van der Waals surface area contributed by atoms with Crippen LogP contribution in [-0.4, -0.2) is 18.6 Å². The largest absolute Gasteiger partial charge is 0.492 e. The number of halogens is 1. The molecule has 3 nitrogen and oxygen atoms in total. The minimum absolute atomic E-state index is 0.0241. The number of nitrogens with one attached hydrogen (secondary N) is 1. The van der Waals surface area contributed by atoms with E-state index in [9.17, 15) is 4.79 Å². The Labute approximate surface area is 159 Å². The Bertz CT molecular complexity index is 794. The van der Waals surface area contributed by atoms with E-state index in [1.54, 1.807) is 24.3 Å². The van der Waals surface area contributed by atoms with Gasteiger partial charge in [-0.15, -0.1) is 0 Å². The molecule has 0 bridgehead atoms. The Kier molecular flexibility index (Phi) is 4.66. The number of carbonyl (C=O) groups is 1. The van der Waals surface area contributed by atoms with Crippen LogP contribution in [0, 0.1) is 5.92 Å². The van der Waals surface area contributed by atoms with Crippen molar-refractivity contribution in [2.24, 2.45) is 5.92 Å². The summed E-state index contributed by atoms with van der Waals surface area (Å²) in [5.74, 6) is 1.53. The van der Waals surface area contributed by atoms with Crippen LogP contribution < -0.4 is 10.1 Å². The van der Waals surface area contributed by atoms with Crippen LogP contribution in [0.1, 0.15) is 48.5 Å². The monoisotopic (exact) mass is 369 g/mol. The zero-order valence-corrected chi connectivity index (χ0v) is 15.8. The minimum Gasteiger partial charge on any atom is -0.492 e. The molecule has 1 amide bonds. The van der Waals surface area contributed by atoms with Crippen LogP contribution >= 0.6 is 11.6 Å². The highest BCUT2D eigenvalue weighted by atomic mass is 35.5. The first-order valence-corrected chi connectivity index (χ1v) is 9.74. The van der Waals surface area contributed by atoms with Crippen molar-refractivity contribution in [2.75, 3.05) is 6.61 Å². The fourth-order valence-electron chi connectivity index (χ4n) is 4.44. The van der Waals surface area contributed by atoms with E-state index in [2.05, 4.69) is 30.4 Å². The van der Waals surface area contributed by atoms with E-state index in [1.165, 1.54) is 5.56 Å². The average Bonchev–Trinajstić information content (AvgIpc) is 3.01. The van der Waals surface area contributed by atoms with Gasteiger partial charge in [0.25, 0.3) is 5.91 Å². The third kappa shape index (κ3) is 3.21. The van der Waals surface area contributed by atoms with Gasteiger partial charge in [0.1, 0.15) is 5.75 Å². The smallest absolute Gasteiger partial charge is 0.251 e. The predicted octanol–water partition coefficient (Wildman–Crippen LogP) is 4.98. The molecule has 0 saturated heterocycles. The number of fused-ring (bicyclic) bond motifs is 2. The second kappa shape index (κ2) is 6.96. The summed E-state index contributed by atoms with van der Waals surface area (Å²) in [5.41, 5.74) is 2.20. The topological polar surface area (TPSA) is 38.3 Å². The lowest BCUT2D eigenvalue weighted by molar-refractivity contribution is 0.0905. The first-order valence-electron chi connectivity index (χ1n) is 9.36. The van der Waals surface area contributed by atoms with E-state index >= 15 is 0 Å². The molecule has 136 valence electrons. The molecule has 1 aliphatic heterocycles. The number of benzene rings is 2. The summed E-state index contributed by atoms with van der Waals surface area (Å²) in [6.07, 6.45) is 4.46. The number of para-hydroxylation sites is 1. The van der Waals surface area contributed by atoms with Gasteiger partial charge in [0.15, 0.2) is 0 Å². The second-order valence-electron chi connectivity index (χ2n) is 7.67. The van der Waals surface area contributed by atoms with Crippen LogP contribution in [0.5, 0.6) is 5.75 Å². The van der Waals surface area contributed by atoms with E-state index in [0.29, 0.717) is 16.5 Å². The molecule has 2 aromatic rings. The Morgan fingerprint density at radius 3 is 2.58 bits per heavy atom. The van der Waals surface area contributed by atoms with Crippen molar-refractivity contribution in [3.05, 3.63) is 64.7 Å². The zero-order chi connectivity index (χ0) is 18.1. The van der Waals surface area contributed by atoms with E-state index in [0.717, 1.165) is 38.0 Å². The maximum atomic E-state index is 12.4. The zero-order valence-electron chi connectivity index (χ0n) is 15.0. The van der Waals surface area contributed by atoms with Gasteiger partial charge in [-0.3, -0.25) is 4.79 Å². The summed E-state index contributed by atoms with van der Waals surface area (Å²) in [5, 5.41) is 3.81. The summed E-state index contributed by atoms with van der Waals surface area (Å²) in [7, 11) is 0. The first-order chi connectivity index (χ1) is 12.6. The average molecular weight is 370 g/mol. The van der Waals surface area contributed by atoms with Gasteiger partial charge in [0.2, 0.25) is 0 Å². The van der Waals surface area contributed by atoms with Gasteiger partial charge in [-0.05, 0) is 68.9 Å². The Morgan fingerprint density at radius 1 is 1.15 bits per heavy atom. The SMILES string of the molecule is C[C@@H](NC(=O)c1ccc(Cl)cc1)C1CCC2(CC1)COc1ccccc12. The molecule has 4 rings (SSSR count). The molecule has 1 heterocycles. The molecule has 4 heteroatoms. The Morgan fingerprint density at radius 2 is 1.85 bits per heavy atom. The standard InChI is InChI=1S/C22H24ClNO2/c1-15(24-21(25)17-6-8-18(23)9-7-17)16-10-12-22(13-11-16)14-26-20-5-3-2-4-19(20)22/h2-9,15-16H,10-14H2,1H3,(H,24,25)/t15-,16?,22?/m1/s1. The summed E-state index contributed by atoms with van der Waals surface area (Å²) >= 11 is 5.90. The van der Waals surface area contributed by atoms with Crippen molar-refractivity contribution in [2.45, 2.75) is 44.1 Å². The lowest BCUT2D eigenvalue weighted by Crippen LogP contribution is -2.42. The highest BCUT2D eigenvalue weighted by molar-refractivity contribution is 6.30. The van der Waals surface area contributed by atoms with Crippen LogP contribution in [0.15, 0.2) is 48.5 Å². The fourth-order valence-corrected chi connectivity index (χ4v) is 4.57. The maximum absolute atomic E-state index is 12.4. The molecule has 26 heavy (non-hydrogen) atoms. The van der Waals surface area contributed by atoms with Gasteiger partial charge in [0.05, 0.1) is 6.61 Å². The lowest BCUT2D eigenvalue weighted by atomic mass is 9.66. The molecule has 1 spiro atoms. The third-order valence-corrected chi connectivity index (χ3v) is 6.37. The number of hydrogen-bond acceptors (Lipinski definition) is 2. The van der Waals surface area contributed by atoms with Gasteiger partial charge in [-0.1, -0.05) is 29.8 Å². The summed E-state index contributed by atoms with van der Waals surface area (Å²) in [4.78, 5) is 12.4. The van der Waals surface area contributed by atoms with Crippen molar-refractivity contribution in [1.29, 1.82) is 0 Å². The van der Waals surface area contributed by atoms with Gasteiger partial charge in [-0.25, -0.2) is 0 Å². The predicted molar refractivity (Wildman–Crippen MR) is 104 cm³/mol. The Hall–Kier alpha value is -2.00. The highest BCUT2D eigenvalue weighted by Crippen LogP contribution is 2.49. The number of hydrogen-bond donors (Lipinski definition) is 1. The van der Waals surface area contributed by atoms with Crippen LogP contribution in [0.3, 0.4) is 0 Å². The second-order valence-corrected chi connectivity index (χ2v) is 8.11. The molecular formula is C22H24ClNO2. The molecule has 0 unspecified atom stereocenters. The van der Waals surface area contributed by atoms with Crippen molar-refractivity contribution in [3.63, 3.8) is 0 Å². The Balaban J connectivity index is 1.37. The molecule has 1 N–H and O–H groups in total. The summed E-state index contributed by atoms with van der Waals surface area (Å²) < 4.78 is 5.94. The molecule has 1 fully saturated rings. The lowest BCUT2D eigenvalue weighted by Gasteiger charge is -2.38. The van der Waals surface area contributed by atoms with Gasteiger partial charge >= 0.3 is 0 Å². The summed E-state index contributed by atoms with van der Waals surface area (Å²) in [6, 6.07) is 15.6.